The van der Waals surface area contributed by atoms with Gasteiger partial charge in [-0.1, -0.05) is 60.5 Å². The number of rotatable bonds is 8. The molecule has 0 radical (unpaired) electrons. The van der Waals surface area contributed by atoms with E-state index in [-0.39, 0.29) is 24.3 Å². The van der Waals surface area contributed by atoms with Crippen molar-refractivity contribution in [3.63, 3.8) is 0 Å². The molecular formula is C25H34N2O2. The van der Waals surface area contributed by atoms with Gasteiger partial charge >= 0.3 is 0 Å². The van der Waals surface area contributed by atoms with E-state index < -0.39 is 6.04 Å². The zero-order chi connectivity index (χ0) is 21.6. The molecular weight excluding hydrogens is 360 g/mol. The first-order valence-corrected chi connectivity index (χ1v) is 10.4. The fourth-order valence-electron chi connectivity index (χ4n) is 3.47. The molecule has 156 valence electrons. The van der Waals surface area contributed by atoms with Gasteiger partial charge in [0.2, 0.25) is 11.8 Å². The van der Waals surface area contributed by atoms with Crippen LogP contribution in [0.25, 0.3) is 0 Å². The second kappa shape index (κ2) is 10.2. The minimum Gasteiger partial charge on any atom is -0.352 e. The van der Waals surface area contributed by atoms with Crippen molar-refractivity contribution < 1.29 is 9.59 Å². The van der Waals surface area contributed by atoms with E-state index in [9.17, 15) is 9.59 Å². The molecule has 0 aliphatic carbocycles. The third-order valence-electron chi connectivity index (χ3n) is 5.41. The SMILES string of the molecule is CC[C@H](C)NC(=O)[C@H](C)N(Cc1ccccc1C)C(=O)Cc1cc(C)cc(C)c1. The number of aryl methyl sites for hydroxylation is 3. The van der Waals surface area contributed by atoms with Crippen molar-refractivity contribution in [2.24, 2.45) is 0 Å². The summed E-state index contributed by atoms with van der Waals surface area (Å²) in [6.45, 7) is 12.4. The molecule has 2 rings (SSSR count). The van der Waals surface area contributed by atoms with Crippen LogP contribution in [0, 0.1) is 20.8 Å². The number of nitrogens with one attached hydrogen (secondary N) is 1. The lowest BCUT2D eigenvalue weighted by molar-refractivity contribution is -0.140. The highest BCUT2D eigenvalue weighted by atomic mass is 16.2. The number of carbonyl (C=O) groups is 2. The highest BCUT2D eigenvalue weighted by molar-refractivity contribution is 5.88. The minimum atomic E-state index is -0.540. The van der Waals surface area contributed by atoms with E-state index in [0.29, 0.717) is 6.54 Å². The Morgan fingerprint density at radius 3 is 2.21 bits per heavy atom. The second-order valence-corrected chi connectivity index (χ2v) is 8.11. The van der Waals surface area contributed by atoms with Gasteiger partial charge in [0.1, 0.15) is 6.04 Å². The van der Waals surface area contributed by atoms with Crippen LogP contribution in [0.4, 0.5) is 0 Å². The fourth-order valence-corrected chi connectivity index (χ4v) is 3.47. The van der Waals surface area contributed by atoms with Crippen LogP contribution in [0.5, 0.6) is 0 Å². The lowest BCUT2D eigenvalue weighted by Gasteiger charge is -2.30. The summed E-state index contributed by atoms with van der Waals surface area (Å²) in [5, 5.41) is 3.01. The second-order valence-electron chi connectivity index (χ2n) is 8.11. The van der Waals surface area contributed by atoms with E-state index in [2.05, 4.69) is 11.4 Å². The van der Waals surface area contributed by atoms with Gasteiger partial charge in [0.05, 0.1) is 6.42 Å². The summed E-state index contributed by atoms with van der Waals surface area (Å²) in [4.78, 5) is 27.8. The van der Waals surface area contributed by atoms with Crippen LogP contribution in [0.2, 0.25) is 0 Å². The first-order valence-electron chi connectivity index (χ1n) is 10.4. The van der Waals surface area contributed by atoms with Crippen molar-refractivity contribution in [3.05, 3.63) is 70.3 Å². The van der Waals surface area contributed by atoms with Gasteiger partial charge in [0.15, 0.2) is 0 Å². The molecule has 4 heteroatoms. The highest BCUT2D eigenvalue weighted by Crippen LogP contribution is 2.17. The molecule has 0 fully saturated rings. The molecule has 0 saturated carbocycles. The number of hydrogen-bond donors (Lipinski definition) is 1. The average Bonchev–Trinajstić information content (AvgIpc) is 2.65. The summed E-state index contributed by atoms with van der Waals surface area (Å²) in [7, 11) is 0. The zero-order valence-corrected chi connectivity index (χ0v) is 18.6. The molecule has 0 spiro atoms. The van der Waals surface area contributed by atoms with Crippen LogP contribution < -0.4 is 5.32 Å². The predicted molar refractivity (Wildman–Crippen MR) is 119 cm³/mol. The van der Waals surface area contributed by atoms with E-state index in [0.717, 1.165) is 34.2 Å². The largest absolute Gasteiger partial charge is 0.352 e. The molecule has 0 aliphatic rings. The van der Waals surface area contributed by atoms with Gasteiger partial charge in [-0.3, -0.25) is 9.59 Å². The molecule has 2 atom stereocenters. The third-order valence-corrected chi connectivity index (χ3v) is 5.41. The Balaban J connectivity index is 2.28. The normalized spacial score (nSPS) is 12.9. The monoisotopic (exact) mass is 394 g/mol. The first kappa shape index (κ1) is 22.7. The van der Waals surface area contributed by atoms with Gasteiger partial charge in [-0.05, 0) is 57.7 Å². The summed E-state index contributed by atoms with van der Waals surface area (Å²) >= 11 is 0. The lowest BCUT2D eigenvalue weighted by Crippen LogP contribution is -2.50. The summed E-state index contributed by atoms with van der Waals surface area (Å²) in [5.74, 6) is -0.147. The molecule has 0 heterocycles. The van der Waals surface area contributed by atoms with Crippen LogP contribution in [0.1, 0.15) is 55.0 Å². The maximum atomic E-state index is 13.3. The Kier molecular flexibility index (Phi) is 8.00. The van der Waals surface area contributed by atoms with Crippen LogP contribution in [0.3, 0.4) is 0 Å². The summed E-state index contributed by atoms with van der Waals surface area (Å²) in [6.07, 6.45) is 1.14. The standard InChI is InChI=1S/C25H34N2O2/c1-7-20(5)26-25(29)21(6)27(16-23-11-9-8-10-19(23)4)24(28)15-22-13-17(2)12-18(3)14-22/h8-14,20-21H,7,15-16H2,1-6H3,(H,26,29)/t20-,21-/m0/s1. The number of benzene rings is 2. The highest BCUT2D eigenvalue weighted by Gasteiger charge is 2.27. The van der Waals surface area contributed by atoms with Crippen LogP contribution in [-0.2, 0) is 22.6 Å². The topological polar surface area (TPSA) is 49.4 Å². The van der Waals surface area contributed by atoms with Gasteiger partial charge in [0, 0.05) is 12.6 Å². The zero-order valence-electron chi connectivity index (χ0n) is 18.6. The van der Waals surface area contributed by atoms with E-state index >= 15 is 0 Å². The summed E-state index contributed by atoms with van der Waals surface area (Å²) in [5.41, 5.74) is 5.44. The maximum Gasteiger partial charge on any atom is 0.242 e. The molecule has 2 aromatic carbocycles. The van der Waals surface area contributed by atoms with E-state index in [1.165, 1.54) is 0 Å². The Bertz CT molecular complexity index is 839. The van der Waals surface area contributed by atoms with E-state index in [1.807, 2.05) is 77.9 Å². The van der Waals surface area contributed by atoms with Crippen molar-refractivity contribution in [2.75, 3.05) is 0 Å². The molecule has 0 aromatic heterocycles. The molecule has 2 aromatic rings. The Morgan fingerprint density at radius 2 is 1.62 bits per heavy atom. The number of carbonyl (C=O) groups excluding carboxylic acids is 2. The molecule has 4 nitrogen and oxygen atoms in total. The van der Waals surface area contributed by atoms with Gasteiger partial charge in [-0.15, -0.1) is 0 Å². The van der Waals surface area contributed by atoms with Gasteiger partial charge < -0.3 is 10.2 Å². The summed E-state index contributed by atoms with van der Waals surface area (Å²) in [6, 6.07) is 13.7. The quantitative estimate of drug-likeness (QED) is 0.717. The molecule has 0 unspecified atom stereocenters. The number of hydrogen-bond acceptors (Lipinski definition) is 2. The number of nitrogens with zero attached hydrogens (tertiary/aromatic N) is 1. The third kappa shape index (κ3) is 6.45. The fraction of sp³-hybridized carbons (Fsp3) is 0.440. The predicted octanol–water partition coefficient (Wildman–Crippen LogP) is 4.49. The molecule has 1 N–H and O–H groups in total. The van der Waals surface area contributed by atoms with Crippen molar-refractivity contribution >= 4 is 11.8 Å². The van der Waals surface area contributed by atoms with Crippen LogP contribution in [-0.4, -0.2) is 28.8 Å². The number of amides is 2. The molecule has 0 bridgehead atoms. The minimum absolute atomic E-state index is 0.0370. The van der Waals surface area contributed by atoms with Crippen LogP contribution in [0.15, 0.2) is 42.5 Å². The van der Waals surface area contributed by atoms with Crippen molar-refractivity contribution in [1.29, 1.82) is 0 Å². The van der Waals surface area contributed by atoms with Crippen molar-refractivity contribution in [1.82, 2.24) is 10.2 Å². The maximum absolute atomic E-state index is 13.3. The van der Waals surface area contributed by atoms with E-state index in [1.54, 1.807) is 4.90 Å². The van der Waals surface area contributed by atoms with Gasteiger partial charge in [0.25, 0.3) is 0 Å². The Labute approximate surface area is 175 Å². The van der Waals surface area contributed by atoms with Gasteiger partial charge in [-0.2, -0.15) is 0 Å². The Morgan fingerprint density at radius 1 is 1.00 bits per heavy atom. The molecule has 0 saturated heterocycles. The lowest BCUT2D eigenvalue weighted by atomic mass is 10.0. The van der Waals surface area contributed by atoms with Gasteiger partial charge in [-0.25, -0.2) is 0 Å². The van der Waals surface area contributed by atoms with E-state index in [4.69, 9.17) is 0 Å². The Hall–Kier alpha value is -2.62. The van der Waals surface area contributed by atoms with Crippen molar-refractivity contribution in [3.8, 4) is 0 Å². The van der Waals surface area contributed by atoms with Crippen LogP contribution >= 0.6 is 0 Å². The average molecular weight is 395 g/mol. The first-order chi connectivity index (χ1) is 13.7. The summed E-state index contributed by atoms with van der Waals surface area (Å²) < 4.78 is 0. The molecule has 29 heavy (non-hydrogen) atoms. The molecule has 0 aliphatic heterocycles. The van der Waals surface area contributed by atoms with Crippen molar-refractivity contribution in [2.45, 2.75) is 73.0 Å². The molecule has 2 amide bonds. The smallest absolute Gasteiger partial charge is 0.242 e.